The topological polar surface area (TPSA) is 89.7 Å². The molecule has 7 nitrogen and oxygen atoms in total. The molecule has 1 unspecified atom stereocenters. The summed E-state index contributed by atoms with van der Waals surface area (Å²) >= 11 is 0. The van der Waals surface area contributed by atoms with E-state index < -0.39 is 6.03 Å². The first-order valence-corrected chi connectivity index (χ1v) is 10.0. The summed E-state index contributed by atoms with van der Waals surface area (Å²) in [6.07, 6.45) is 6.65. The maximum Gasteiger partial charge on any atom is 0.312 e. The Bertz CT molecular complexity index is 943. The molecule has 0 aliphatic carbocycles. The molecular formula is C22H24N4O3. The lowest BCUT2D eigenvalue weighted by Crippen LogP contribution is -2.47. The summed E-state index contributed by atoms with van der Waals surface area (Å²) in [5.74, 6) is 1.24. The number of urea groups is 1. The van der Waals surface area contributed by atoms with Gasteiger partial charge in [-0.1, -0.05) is 30.3 Å². The highest BCUT2D eigenvalue weighted by Gasteiger charge is 2.35. The van der Waals surface area contributed by atoms with Gasteiger partial charge in [0.05, 0.1) is 0 Å². The third kappa shape index (κ3) is 3.60. The number of nitrogens with zero attached hydrogens (tertiary/aromatic N) is 2. The lowest BCUT2D eigenvalue weighted by atomic mass is 9.97. The average molecular weight is 392 g/mol. The molecule has 3 aliphatic heterocycles. The van der Waals surface area contributed by atoms with Gasteiger partial charge in [-0.3, -0.25) is 0 Å². The monoisotopic (exact) mass is 392 g/mol. The first kappa shape index (κ1) is 17.8. The van der Waals surface area contributed by atoms with Crippen molar-refractivity contribution in [3.8, 4) is 11.6 Å². The van der Waals surface area contributed by atoms with Crippen LogP contribution in [0.1, 0.15) is 36.5 Å². The van der Waals surface area contributed by atoms with Crippen molar-refractivity contribution in [2.75, 3.05) is 6.61 Å². The molecule has 4 heterocycles. The Labute approximate surface area is 169 Å². The zero-order valence-electron chi connectivity index (χ0n) is 16.1. The number of carbonyl (C=O) groups is 1. The van der Waals surface area contributed by atoms with Crippen molar-refractivity contribution >= 4 is 6.03 Å². The van der Waals surface area contributed by atoms with Gasteiger partial charge in [0.25, 0.3) is 5.88 Å². The number of carbonyl (C=O) groups excluding carboxylic acids is 1. The smallest absolute Gasteiger partial charge is 0.312 e. The number of pyridine rings is 1. The Morgan fingerprint density at radius 3 is 2.93 bits per heavy atom. The lowest BCUT2D eigenvalue weighted by molar-refractivity contribution is 0.0850. The molecule has 3 atom stereocenters. The van der Waals surface area contributed by atoms with E-state index in [2.05, 4.69) is 45.5 Å². The Morgan fingerprint density at radius 2 is 2.14 bits per heavy atom. The van der Waals surface area contributed by atoms with Gasteiger partial charge < -0.3 is 25.4 Å². The molecule has 1 fully saturated rings. The molecule has 1 aromatic carbocycles. The number of piperidine rings is 1. The van der Waals surface area contributed by atoms with Crippen LogP contribution in [0.5, 0.6) is 11.6 Å². The number of amides is 2. The lowest BCUT2D eigenvalue weighted by Gasteiger charge is -2.38. The summed E-state index contributed by atoms with van der Waals surface area (Å²) in [7, 11) is 0. The van der Waals surface area contributed by atoms with Crippen LogP contribution in [-0.2, 0) is 6.54 Å². The molecular weight excluding hydrogens is 368 g/mol. The number of hydrogen-bond donors (Lipinski definition) is 2. The second-order valence-electron chi connectivity index (χ2n) is 7.82. The van der Waals surface area contributed by atoms with E-state index in [1.165, 1.54) is 11.3 Å². The van der Waals surface area contributed by atoms with Gasteiger partial charge >= 0.3 is 6.03 Å². The molecule has 3 aliphatic rings. The van der Waals surface area contributed by atoms with Crippen LogP contribution in [0, 0.1) is 0 Å². The first-order valence-electron chi connectivity index (χ1n) is 10.0. The number of nitrogens with one attached hydrogen (secondary N) is 1. The Balaban J connectivity index is 1.23. The van der Waals surface area contributed by atoms with Crippen LogP contribution in [0.25, 0.3) is 0 Å². The highest BCUT2D eigenvalue weighted by molar-refractivity contribution is 5.72. The molecule has 29 heavy (non-hydrogen) atoms. The van der Waals surface area contributed by atoms with Gasteiger partial charge in [-0.2, -0.15) is 0 Å². The molecule has 1 saturated heterocycles. The minimum absolute atomic E-state index is 0.143. The average Bonchev–Trinajstić information content (AvgIpc) is 2.95. The summed E-state index contributed by atoms with van der Waals surface area (Å²) in [6.45, 7) is 1.35. The van der Waals surface area contributed by atoms with Gasteiger partial charge in [0.15, 0.2) is 11.9 Å². The summed E-state index contributed by atoms with van der Waals surface area (Å²) in [6, 6.07) is 12.4. The van der Waals surface area contributed by atoms with Gasteiger partial charge in [0, 0.05) is 36.9 Å². The van der Waals surface area contributed by atoms with Crippen LogP contribution in [0.15, 0.2) is 54.4 Å². The molecule has 150 valence electrons. The number of nitrogens with two attached hydrogens (primary N) is 1. The van der Waals surface area contributed by atoms with Crippen molar-refractivity contribution in [3.63, 3.8) is 0 Å². The quantitative estimate of drug-likeness (QED) is 0.835. The fourth-order valence-electron chi connectivity index (χ4n) is 4.49. The molecule has 2 amide bonds. The normalized spacial score (nSPS) is 24.8. The highest BCUT2D eigenvalue weighted by atomic mass is 16.6. The molecule has 2 bridgehead atoms. The van der Waals surface area contributed by atoms with Gasteiger partial charge in [0.1, 0.15) is 6.61 Å². The van der Waals surface area contributed by atoms with Crippen molar-refractivity contribution in [3.05, 3.63) is 65.5 Å². The van der Waals surface area contributed by atoms with Crippen molar-refractivity contribution in [1.82, 2.24) is 15.2 Å². The van der Waals surface area contributed by atoms with Gasteiger partial charge in [-0.25, -0.2) is 9.78 Å². The minimum atomic E-state index is -0.439. The summed E-state index contributed by atoms with van der Waals surface area (Å²) in [5, 5.41) is 2.86. The minimum Gasteiger partial charge on any atom is -0.484 e. The molecule has 3 N–H and O–H groups in total. The molecule has 7 heteroatoms. The van der Waals surface area contributed by atoms with E-state index in [0.717, 1.165) is 31.4 Å². The number of ether oxygens (including phenoxy) is 2. The summed E-state index contributed by atoms with van der Waals surface area (Å²) < 4.78 is 11.8. The fourth-order valence-corrected chi connectivity index (χ4v) is 4.49. The zero-order chi connectivity index (χ0) is 19.8. The van der Waals surface area contributed by atoms with E-state index >= 15 is 0 Å². The summed E-state index contributed by atoms with van der Waals surface area (Å²) in [5.41, 5.74) is 8.92. The molecule has 0 spiro atoms. The van der Waals surface area contributed by atoms with E-state index in [1.807, 2.05) is 12.1 Å². The largest absolute Gasteiger partial charge is 0.484 e. The Kier molecular flexibility index (Phi) is 4.50. The maximum atomic E-state index is 11.2. The molecule has 5 rings (SSSR count). The second-order valence-corrected chi connectivity index (χ2v) is 7.82. The van der Waals surface area contributed by atoms with Crippen molar-refractivity contribution in [2.24, 2.45) is 5.73 Å². The maximum absolute atomic E-state index is 11.2. The van der Waals surface area contributed by atoms with Crippen LogP contribution in [0.2, 0.25) is 0 Å². The van der Waals surface area contributed by atoms with E-state index in [1.54, 1.807) is 6.20 Å². The number of rotatable bonds is 4. The number of benzene rings is 1. The number of hydrogen-bond acceptors (Lipinski definition) is 5. The number of aromatic nitrogens is 1. The molecule has 2 aromatic rings. The third-order valence-electron chi connectivity index (χ3n) is 5.88. The van der Waals surface area contributed by atoms with Crippen LogP contribution in [-0.4, -0.2) is 34.6 Å². The first-order chi connectivity index (χ1) is 14.2. The fraction of sp³-hybridized carbons (Fsp3) is 0.364. The third-order valence-corrected chi connectivity index (χ3v) is 5.88. The van der Waals surface area contributed by atoms with Gasteiger partial charge in [-0.15, -0.1) is 0 Å². The molecule has 0 saturated carbocycles. The zero-order valence-corrected chi connectivity index (χ0v) is 16.1. The van der Waals surface area contributed by atoms with E-state index in [4.69, 9.17) is 15.2 Å². The van der Waals surface area contributed by atoms with Crippen molar-refractivity contribution in [2.45, 2.75) is 44.0 Å². The van der Waals surface area contributed by atoms with E-state index in [0.29, 0.717) is 24.3 Å². The highest BCUT2D eigenvalue weighted by Crippen LogP contribution is 2.37. The van der Waals surface area contributed by atoms with Gasteiger partial charge in [-0.05, 0) is 36.1 Å². The van der Waals surface area contributed by atoms with Crippen LogP contribution in [0.3, 0.4) is 0 Å². The predicted octanol–water partition coefficient (Wildman–Crippen LogP) is 2.88. The predicted molar refractivity (Wildman–Crippen MR) is 107 cm³/mol. The van der Waals surface area contributed by atoms with Crippen LogP contribution in [0.4, 0.5) is 4.79 Å². The van der Waals surface area contributed by atoms with Crippen molar-refractivity contribution in [1.29, 1.82) is 0 Å². The summed E-state index contributed by atoms with van der Waals surface area (Å²) in [4.78, 5) is 17.9. The molecule has 1 aromatic heterocycles. The SMILES string of the molecule is NC(=O)N[C@@H]1CC2=CCC(C1)N2Cc1ccc([C@H]2COc3cccnc3O2)cc1. The van der Waals surface area contributed by atoms with E-state index in [-0.39, 0.29) is 12.1 Å². The standard InChI is InChI=1S/C22H24N4O3/c23-22(27)25-16-10-17-7-8-18(11-16)26(17)12-14-3-5-15(6-4-14)20-13-28-19-2-1-9-24-21(19)29-20/h1-7,9,16,18,20H,8,10-13H2,(H3,23,25,27)/t16-,18?,20-/m1/s1. The van der Waals surface area contributed by atoms with Crippen LogP contribution < -0.4 is 20.5 Å². The molecule has 0 radical (unpaired) electrons. The van der Waals surface area contributed by atoms with Gasteiger partial charge in [0.2, 0.25) is 0 Å². The second kappa shape index (κ2) is 7.31. The Morgan fingerprint density at radius 1 is 1.28 bits per heavy atom. The Hall–Kier alpha value is -3.22. The van der Waals surface area contributed by atoms with E-state index in [9.17, 15) is 4.79 Å². The number of primary amides is 1. The number of fused-ring (bicyclic) bond motifs is 3. The van der Waals surface area contributed by atoms with Crippen molar-refractivity contribution < 1.29 is 14.3 Å². The van der Waals surface area contributed by atoms with Crippen LogP contribution >= 0.6 is 0 Å².